The van der Waals surface area contributed by atoms with Crippen molar-refractivity contribution >= 4 is 29.1 Å². The summed E-state index contributed by atoms with van der Waals surface area (Å²) in [6, 6.07) is 13.6. The lowest BCUT2D eigenvalue weighted by Crippen LogP contribution is -2.48. The van der Waals surface area contributed by atoms with Gasteiger partial charge in [0.1, 0.15) is 11.5 Å². The van der Waals surface area contributed by atoms with E-state index in [1.54, 1.807) is 48.5 Å². The first-order valence-corrected chi connectivity index (χ1v) is 8.74. The van der Waals surface area contributed by atoms with Crippen LogP contribution >= 0.6 is 12.2 Å². The van der Waals surface area contributed by atoms with Gasteiger partial charge in [0.25, 0.3) is 11.8 Å². The number of ether oxygens (including phenoxy) is 2. The molecule has 7 nitrogen and oxygen atoms in total. The number of hydrogen-bond acceptors (Lipinski definition) is 5. The number of hydrazine groups is 1. The zero-order valence-electron chi connectivity index (χ0n) is 15.1. The molecule has 8 heteroatoms. The minimum absolute atomic E-state index is 0.0476. The third kappa shape index (κ3) is 5.68. The van der Waals surface area contributed by atoms with Crippen LogP contribution in [-0.4, -0.2) is 30.6 Å². The van der Waals surface area contributed by atoms with Crippen LogP contribution in [0.25, 0.3) is 0 Å². The zero-order valence-corrected chi connectivity index (χ0v) is 15.9. The number of methoxy groups -OCH3 is 1. The summed E-state index contributed by atoms with van der Waals surface area (Å²) in [5, 5.41) is 2.46. The maximum atomic E-state index is 12.4. The first-order chi connectivity index (χ1) is 13.1. The number of rotatable bonds is 6. The smallest absolute Gasteiger partial charge is 0.273 e. The van der Waals surface area contributed by atoms with E-state index in [-0.39, 0.29) is 5.11 Å². The Hall–Kier alpha value is -3.13. The van der Waals surface area contributed by atoms with E-state index in [1.165, 1.54) is 7.11 Å². The Balaban J connectivity index is 1.94. The fraction of sp³-hybridized carbons (Fsp3) is 0.211. The van der Waals surface area contributed by atoms with Crippen LogP contribution in [0.15, 0.2) is 48.5 Å². The molecule has 2 aromatic carbocycles. The number of nitrogens with one attached hydrogen (secondary N) is 3. The van der Waals surface area contributed by atoms with E-state index in [9.17, 15) is 9.59 Å². The molecule has 0 radical (unpaired) electrons. The average Bonchev–Trinajstić information content (AvgIpc) is 2.70. The number of carbonyl (C=O) groups excluding carboxylic acids is 2. The number of para-hydroxylation sites is 2. The summed E-state index contributed by atoms with van der Waals surface area (Å²) in [4.78, 5) is 24.6. The van der Waals surface area contributed by atoms with Crippen LogP contribution in [0.5, 0.6) is 11.5 Å². The molecule has 0 fully saturated rings. The largest absolute Gasteiger partial charge is 0.496 e. The van der Waals surface area contributed by atoms with Gasteiger partial charge in [0.2, 0.25) is 0 Å². The van der Waals surface area contributed by atoms with Gasteiger partial charge in [-0.15, -0.1) is 0 Å². The summed E-state index contributed by atoms with van der Waals surface area (Å²) < 4.78 is 10.7. The first kappa shape index (κ1) is 20.2. The fourth-order valence-corrected chi connectivity index (χ4v) is 2.35. The molecule has 0 unspecified atom stereocenters. The quantitative estimate of drug-likeness (QED) is 0.521. The van der Waals surface area contributed by atoms with Crippen LogP contribution in [-0.2, 0) is 0 Å². The molecule has 0 spiro atoms. The maximum absolute atomic E-state index is 12.4. The summed E-state index contributed by atoms with van der Waals surface area (Å²) in [5.74, 6) is 0.00735. The van der Waals surface area contributed by atoms with Crippen molar-refractivity contribution in [2.75, 3.05) is 13.7 Å². The van der Waals surface area contributed by atoms with Crippen LogP contribution < -0.4 is 25.6 Å². The van der Waals surface area contributed by atoms with Crippen molar-refractivity contribution in [2.45, 2.75) is 13.3 Å². The molecule has 0 aliphatic carbocycles. The number of carbonyl (C=O) groups is 2. The Labute approximate surface area is 163 Å². The molecule has 2 amide bonds. The van der Waals surface area contributed by atoms with E-state index in [1.807, 2.05) is 6.92 Å². The summed E-state index contributed by atoms with van der Waals surface area (Å²) in [6.45, 7) is 2.48. The van der Waals surface area contributed by atoms with E-state index in [4.69, 9.17) is 21.7 Å². The van der Waals surface area contributed by atoms with Crippen molar-refractivity contribution in [3.63, 3.8) is 0 Å². The van der Waals surface area contributed by atoms with Gasteiger partial charge in [0.15, 0.2) is 5.11 Å². The monoisotopic (exact) mass is 387 g/mol. The molecule has 0 aliphatic rings. The molecular formula is C19H21N3O4S. The first-order valence-electron chi connectivity index (χ1n) is 8.33. The number of thiocarbonyl (C=S) groups is 1. The second-order valence-corrected chi connectivity index (χ2v) is 5.82. The topological polar surface area (TPSA) is 88.7 Å². The van der Waals surface area contributed by atoms with Crippen LogP contribution in [0.1, 0.15) is 34.1 Å². The van der Waals surface area contributed by atoms with Gasteiger partial charge in [0.05, 0.1) is 24.8 Å². The number of hydrogen-bond donors (Lipinski definition) is 3. The third-order valence-corrected chi connectivity index (χ3v) is 3.67. The standard InChI is InChI=1S/C19H21N3O4S/c1-3-12-26-16-11-7-5-9-14(16)17(23)20-19(27)22-21-18(24)13-8-4-6-10-15(13)25-2/h4-11H,3,12H2,1-2H3,(H,21,24)(H2,20,22,23,27). The van der Waals surface area contributed by atoms with Crippen LogP contribution in [0.4, 0.5) is 0 Å². The molecule has 0 bridgehead atoms. The molecule has 27 heavy (non-hydrogen) atoms. The van der Waals surface area contributed by atoms with E-state index in [0.717, 1.165) is 6.42 Å². The zero-order chi connectivity index (χ0) is 19.6. The minimum Gasteiger partial charge on any atom is -0.496 e. The highest BCUT2D eigenvalue weighted by Crippen LogP contribution is 2.18. The van der Waals surface area contributed by atoms with Crippen molar-refractivity contribution < 1.29 is 19.1 Å². The van der Waals surface area contributed by atoms with Crippen molar-refractivity contribution in [1.29, 1.82) is 0 Å². The molecule has 0 saturated carbocycles. The van der Waals surface area contributed by atoms with E-state index in [2.05, 4.69) is 16.2 Å². The van der Waals surface area contributed by atoms with Crippen LogP contribution in [0.3, 0.4) is 0 Å². The highest BCUT2D eigenvalue weighted by molar-refractivity contribution is 7.80. The lowest BCUT2D eigenvalue weighted by atomic mass is 10.2. The second kappa shape index (κ2) is 10.1. The Kier molecular flexibility index (Phi) is 7.57. The second-order valence-electron chi connectivity index (χ2n) is 5.41. The van der Waals surface area contributed by atoms with Crippen molar-refractivity contribution in [2.24, 2.45) is 0 Å². The molecule has 142 valence electrons. The highest BCUT2D eigenvalue weighted by Gasteiger charge is 2.15. The van der Waals surface area contributed by atoms with Crippen LogP contribution in [0, 0.1) is 0 Å². The molecular weight excluding hydrogens is 366 g/mol. The van der Waals surface area contributed by atoms with Crippen molar-refractivity contribution in [3.8, 4) is 11.5 Å². The summed E-state index contributed by atoms with van der Waals surface area (Å²) >= 11 is 5.06. The summed E-state index contributed by atoms with van der Waals surface area (Å²) in [5.41, 5.74) is 5.61. The predicted octanol–water partition coefficient (Wildman–Crippen LogP) is 2.43. The Morgan fingerprint density at radius 2 is 1.52 bits per heavy atom. The average molecular weight is 387 g/mol. The van der Waals surface area contributed by atoms with Gasteiger partial charge >= 0.3 is 0 Å². The molecule has 0 aromatic heterocycles. The summed E-state index contributed by atoms with van der Waals surface area (Å²) in [6.07, 6.45) is 0.824. The van der Waals surface area contributed by atoms with Gasteiger partial charge < -0.3 is 9.47 Å². The summed E-state index contributed by atoms with van der Waals surface area (Å²) in [7, 11) is 1.47. The van der Waals surface area contributed by atoms with Gasteiger partial charge in [-0.1, -0.05) is 31.2 Å². The van der Waals surface area contributed by atoms with E-state index in [0.29, 0.717) is 29.2 Å². The molecule has 0 saturated heterocycles. The normalized spacial score (nSPS) is 9.85. The lowest BCUT2D eigenvalue weighted by Gasteiger charge is -2.14. The third-order valence-electron chi connectivity index (χ3n) is 3.46. The molecule has 0 atom stereocenters. The van der Waals surface area contributed by atoms with E-state index < -0.39 is 11.8 Å². The van der Waals surface area contributed by atoms with Crippen LogP contribution in [0.2, 0.25) is 0 Å². The minimum atomic E-state index is -0.448. The van der Waals surface area contributed by atoms with E-state index >= 15 is 0 Å². The maximum Gasteiger partial charge on any atom is 0.273 e. The van der Waals surface area contributed by atoms with Gasteiger partial charge in [0, 0.05) is 0 Å². The van der Waals surface area contributed by atoms with Gasteiger partial charge in [-0.3, -0.25) is 25.8 Å². The Bertz CT molecular complexity index is 826. The molecule has 0 aliphatic heterocycles. The molecule has 0 heterocycles. The van der Waals surface area contributed by atoms with Gasteiger partial charge in [-0.25, -0.2) is 0 Å². The molecule has 2 aromatic rings. The van der Waals surface area contributed by atoms with Crippen molar-refractivity contribution in [1.82, 2.24) is 16.2 Å². The lowest BCUT2D eigenvalue weighted by molar-refractivity contribution is 0.0931. The highest BCUT2D eigenvalue weighted by atomic mass is 32.1. The van der Waals surface area contributed by atoms with Crippen molar-refractivity contribution in [3.05, 3.63) is 59.7 Å². The number of amides is 2. The Morgan fingerprint density at radius 3 is 2.15 bits per heavy atom. The molecule has 3 N–H and O–H groups in total. The molecule has 2 rings (SSSR count). The predicted molar refractivity (Wildman–Crippen MR) is 106 cm³/mol. The van der Waals surface area contributed by atoms with Gasteiger partial charge in [-0.2, -0.15) is 0 Å². The SMILES string of the molecule is CCCOc1ccccc1C(=O)NC(=S)NNC(=O)c1ccccc1OC. The van der Waals surface area contributed by atoms with Gasteiger partial charge in [-0.05, 0) is 42.9 Å². The Morgan fingerprint density at radius 1 is 0.926 bits per heavy atom. The number of benzene rings is 2. The fourth-order valence-electron chi connectivity index (χ4n) is 2.21.